The van der Waals surface area contributed by atoms with Crippen LogP contribution in [-0.4, -0.2) is 18.4 Å². The van der Waals surface area contributed by atoms with Gasteiger partial charge in [-0.1, -0.05) is 43.3 Å². The minimum Gasteiger partial charge on any atom is -0.489 e. The second-order valence-electron chi connectivity index (χ2n) is 7.08. The van der Waals surface area contributed by atoms with E-state index in [-0.39, 0.29) is 18.4 Å². The monoisotopic (exact) mass is 417 g/mol. The molecule has 0 aromatic heterocycles. The van der Waals surface area contributed by atoms with Gasteiger partial charge in [0.1, 0.15) is 12.4 Å². The number of benzene rings is 3. The maximum Gasteiger partial charge on any atom is 0.243 e. The molecule has 6 heteroatoms. The summed E-state index contributed by atoms with van der Waals surface area (Å²) in [5, 5.41) is 8.77. The molecule has 0 aliphatic rings. The predicted octanol–water partition coefficient (Wildman–Crippen LogP) is 5.05. The number of carbonyl (C=O) groups is 2. The molecule has 160 valence electrons. The van der Waals surface area contributed by atoms with Crippen LogP contribution in [0.5, 0.6) is 5.75 Å². The number of ether oxygens (including phenoxy) is 1. The lowest BCUT2D eigenvalue weighted by molar-refractivity contribution is -0.116. The summed E-state index contributed by atoms with van der Waals surface area (Å²) >= 11 is 0. The lowest BCUT2D eigenvalue weighted by Gasteiger charge is -2.11. The summed E-state index contributed by atoms with van der Waals surface area (Å²) in [7, 11) is 0. The molecule has 2 amide bonds. The van der Waals surface area contributed by atoms with Crippen molar-refractivity contribution in [1.82, 2.24) is 0 Å². The second kappa shape index (κ2) is 11.4. The highest BCUT2D eigenvalue weighted by Crippen LogP contribution is 2.18. The largest absolute Gasteiger partial charge is 0.489 e. The second-order valence-corrected chi connectivity index (χ2v) is 7.08. The molecule has 0 unspecified atom stereocenters. The average Bonchev–Trinajstić information content (AvgIpc) is 2.78. The molecule has 0 saturated carbocycles. The Morgan fingerprint density at radius 3 is 2.23 bits per heavy atom. The van der Waals surface area contributed by atoms with Gasteiger partial charge in [0.05, 0.1) is 6.54 Å². The van der Waals surface area contributed by atoms with E-state index in [1.165, 1.54) is 0 Å². The summed E-state index contributed by atoms with van der Waals surface area (Å²) in [6.07, 6.45) is 1.28. The van der Waals surface area contributed by atoms with Gasteiger partial charge in [-0.2, -0.15) is 0 Å². The molecular formula is C25H27N3O3. The molecular weight excluding hydrogens is 390 g/mol. The third-order valence-electron chi connectivity index (χ3n) is 4.46. The van der Waals surface area contributed by atoms with Gasteiger partial charge >= 0.3 is 0 Å². The van der Waals surface area contributed by atoms with Crippen molar-refractivity contribution >= 4 is 28.9 Å². The summed E-state index contributed by atoms with van der Waals surface area (Å²) in [4.78, 5) is 24.0. The Bertz CT molecular complexity index is 988. The molecule has 3 aromatic carbocycles. The first-order valence-electron chi connectivity index (χ1n) is 10.3. The highest BCUT2D eigenvalue weighted by molar-refractivity contribution is 5.94. The Balaban J connectivity index is 1.45. The van der Waals surface area contributed by atoms with Crippen LogP contribution in [0.25, 0.3) is 0 Å². The van der Waals surface area contributed by atoms with Gasteiger partial charge in [0.15, 0.2) is 0 Å². The van der Waals surface area contributed by atoms with E-state index in [0.29, 0.717) is 24.4 Å². The fourth-order valence-electron chi connectivity index (χ4n) is 2.92. The summed E-state index contributed by atoms with van der Waals surface area (Å²) in [5.74, 6) is 0.550. The van der Waals surface area contributed by atoms with E-state index in [4.69, 9.17) is 4.74 Å². The van der Waals surface area contributed by atoms with Crippen molar-refractivity contribution < 1.29 is 14.3 Å². The van der Waals surface area contributed by atoms with Gasteiger partial charge in [-0.05, 0) is 54.4 Å². The number of amides is 2. The molecule has 3 N–H and O–H groups in total. The number of rotatable bonds is 10. The maximum atomic E-state index is 12.3. The van der Waals surface area contributed by atoms with Crippen LogP contribution in [0.2, 0.25) is 0 Å². The fourth-order valence-corrected chi connectivity index (χ4v) is 2.92. The molecule has 3 rings (SSSR count). The summed E-state index contributed by atoms with van der Waals surface area (Å²) in [6.45, 7) is 2.56. The van der Waals surface area contributed by atoms with Crippen LogP contribution >= 0.6 is 0 Å². The van der Waals surface area contributed by atoms with E-state index in [0.717, 1.165) is 23.4 Å². The molecule has 0 aliphatic carbocycles. The van der Waals surface area contributed by atoms with Gasteiger partial charge in [0.25, 0.3) is 0 Å². The summed E-state index contributed by atoms with van der Waals surface area (Å²) < 4.78 is 5.76. The molecule has 0 bridgehead atoms. The summed E-state index contributed by atoms with van der Waals surface area (Å²) in [6, 6.07) is 24.5. The molecule has 0 aliphatic heterocycles. The van der Waals surface area contributed by atoms with E-state index in [1.807, 2.05) is 79.7 Å². The van der Waals surface area contributed by atoms with Gasteiger partial charge in [-0.15, -0.1) is 0 Å². The van der Waals surface area contributed by atoms with Crippen LogP contribution in [0.1, 0.15) is 25.3 Å². The van der Waals surface area contributed by atoms with Crippen LogP contribution in [0, 0.1) is 0 Å². The first kappa shape index (κ1) is 21.9. The Morgan fingerprint density at radius 1 is 0.774 bits per heavy atom. The third kappa shape index (κ3) is 7.51. The van der Waals surface area contributed by atoms with Crippen molar-refractivity contribution in [3.05, 3.63) is 84.4 Å². The van der Waals surface area contributed by atoms with Crippen molar-refractivity contribution in [3.8, 4) is 5.75 Å². The topological polar surface area (TPSA) is 79.5 Å². The fraction of sp³-hybridized carbons (Fsp3) is 0.200. The van der Waals surface area contributed by atoms with E-state index < -0.39 is 0 Å². The van der Waals surface area contributed by atoms with Crippen LogP contribution < -0.4 is 20.7 Å². The van der Waals surface area contributed by atoms with Gasteiger partial charge in [-0.3, -0.25) is 9.59 Å². The average molecular weight is 418 g/mol. The van der Waals surface area contributed by atoms with Crippen LogP contribution in [0.4, 0.5) is 17.1 Å². The molecule has 31 heavy (non-hydrogen) atoms. The molecule has 0 heterocycles. The van der Waals surface area contributed by atoms with E-state index in [9.17, 15) is 9.59 Å². The Kier molecular flexibility index (Phi) is 8.05. The SMILES string of the molecule is CCCC(=O)Nc1cccc(NCC(=O)Nc2ccc(OCc3ccccc3)cc2)c1. The first-order valence-corrected chi connectivity index (χ1v) is 10.3. The van der Waals surface area contributed by atoms with Crippen molar-refractivity contribution in [2.24, 2.45) is 0 Å². The molecule has 0 spiro atoms. The highest BCUT2D eigenvalue weighted by Gasteiger charge is 2.05. The predicted molar refractivity (Wildman–Crippen MR) is 124 cm³/mol. The molecule has 3 aromatic rings. The molecule has 6 nitrogen and oxygen atoms in total. The Labute approximate surface area is 182 Å². The quantitative estimate of drug-likeness (QED) is 0.431. The van der Waals surface area contributed by atoms with E-state index in [1.54, 1.807) is 6.07 Å². The molecule has 0 atom stereocenters. The van der Waals surface area contributed by atoms with Crippen LogP contribution in [0.3, 0.4) is 0 Å². The van der Waals surface area contributed by atoms with Crippen molar-refractivity contribution in [2.45, 2.75) is 26.4 Å². The molecule has 0 saturated heterocycles. The van der Waals surface area contributed by atoms with Crippen molar-refractivity contribution in [2.75, 3.05) is 22.5 Å². The maximum absolute atomic E-state index is 12.3. The number of nitrogens with one attached hydrogen (secondary N) is 3. The minimum absolute atomic E-state index is 0.0198. The summed E-state index contributed by atoms with van der Waals surface area (Å²) in [5.41, 5.74) is 3.25. The number of hydrogen-bond acceptors (Lipinski definition) is 4. The zero-order valence-electron chi connectivity index (χ0n) is 17.6. The lowest BCUT2D eigenvalue weighted by atomic mass is 10.2. The number of carbonyl (C=O) groups excluding carboxylic acids is 2. The Hall–Kier alpha value is -3.80. The highest BCUT2D eigenvalue weighted by atomic mass is 16.5. The van der Waals surface area contributed by atoms with Crippen molar-refractivity contribution in [1.29, 1.82) is 0 Å². The zero-order valence-corrected chi connectivity index (χ0v) is 17.6. The van der Waals surface area contributed by atoms with Crippen molar-refractivity contribution in [3.63, 3.8) is 0 Å². The first-order chi connectivity index (χ1) is 15.1. The number of anilines is 3. The Morgan fingerprint density at radius 2 is 1.48 bits per heavy atom. The third-order valence-corrected chi connectivity index (χ3v) is 4.46. The van der Waals surface area contributed by atoms with Crippen LogP contribution in [-0.2, 0) is 16.2 Å². The zero-order chi connectivity index (χ0) is 21.9. The standard InChI is InChI=1S/C25H27N3O3/c1-2-7-24(29)28-22-11-6-10-21(16-22)26-17-25(30)27-20-12-14-23(15-13-20)31-18-19-8-4-3-5-9-19/h3-6,8-16,26H,2,7,17-18H2,1H3,(H,27,30)(H,28,29). The molecule has 0 fully saturated rings. The number of hydrogen-bond donors (Lipinski definition) is 3. The van der Waals surface area contributed by atoms with E-state index >= 15 is 0 Å². The lowest BCUT2D eigenvalue weighted by Crippen LogP contribution is -2.21. The van der Waals surface area contributed by atoms with Gasteiger partial charge < -0.3 is 20.7 Å². The van der Waals surface area contributed by atoms with Gasteiger partial charge in [0, 0.05) is 23.5 Å². The van der Waals surface area contributed by atoms with Gasteiger partial charge in [-0.25, -0.2) is 0 Å². The normalized spacial score (nSPS) is 10.2. The van der Waals surface area contributed by atoms with Gasteiger partial charge in [0.2, 0.25) is 11.8 Å². The van der Waals surface area contributed by atoms with E-state index in [2.05, 4.69) is 16.0 Å². The molecule has 0 radical (unpaired) electrons. The van der Waals surface area contributed by atoms with Crippen LogP contribution in [0.15, 0.2) is 78.9 Å². The smallest absolute Gasteiger partial charge is 0.243 e. The minimum atomic E-state index is -0.168.